The van der Waals surface area contributed by atoms with Crippen molar-refractivity contribution >= 4 is 0 Å². The van der Waals surface area contributed by atoms with Crippen LogP contribution in [0.3, 0.4) is 0 Å². The molecule has 2 heterocycles. The summed E-state index contributed by atoms with van der Waals surface area (Å²) in [4.78, 5) is 0. The van der Waals surface area contributed by atoms with Crippen molar-refractivity contribution in [1.82, 2.24) is 0 Å². The Kier molecular flexibility index (Phi) is 0.758. The van der Waals surface area contributed by atoms with Crippen LogP contribution in [0.2, 0.25) is 0 Å². The third-order valence-electron chi connectivity index (χ3n) is 3.92. The first-order valence-corrected chi connectivity index (χ1v) is 4.76. The second-order valence-corrected chi connectivity index (χ2v) is 4.39. The van der Waals surface area contributed by atoms with Crippen LogP contribution in [-0.4, -0.2) is 24.4 Å². The molecule has 0 bridgehead atoms. The van der Waals surface area contributed by atoms with Crippen LogP contribution < -0.4 is 0 Å². The quantitative estimate of drug-likeness (QED) is 0.483. The van der Waals surface area contributed by atoms with Gasteiger partial charge in [-0.05, 0) is 24.7 Å². The van der Waals surface area contributed by atoms with E-state index in [9.17, 15) is 0 Å². The Labute approximate surface area is 65.9 Å². The Morgan fingerprint density at radius 1 is 0.727 bits per heavy atom. The minimum absolute atomic E-state index is 0.527. The molecule has 0 spiro atoms. The normalized spacial score (nSPS) is 69.8. The summed E-state index contributed by atoms with van der Waals surface area (Å²) in [5.41, 5.74) is 0. The molecule has 2 heteroatoms. The first-order chi connectivity index (χ1) is 5.45. The maximum Gasteiger partial charge on any atom is 0.113 e. The van der Waals surface area contributed by atoms with Gasteiger partial charge in [0.25, 0.3) is 0 Å². The Morgan fingerprint density at radius 3 is 1.82 bits per heavy atom. The molecule has 4 rings (SSSR count). The van der Waals surface area contributed by atoms with Gasteiger partial charge in [-0.15, -0.1) is 0 Å². The van der Waals surface area contributed by atoms with Crippen LogP contribution in [-0.2, 0) is 9.47 Å². The maximum absolute atomic E-state index is 5.62. The van der Waals surface area contributed by atoms with Gasteiger partial charge in [0.2, 0.25) is 0 Å². The van der Waals surface area contributed by atoms with Gasteiger partial charge >= 0.3 is 0 Å². The zero-order valence-corrected chi connectivity index (χ0v) is 6.40. The molecule has 2 aliphatic carbocycles. The molecular weight excluding hydrogens is 140 g/mol. The van der Waals surface area contributed by atoms with Gasteiger partial charge < -0.3 is 9.47 Å². The van der Waals surface area contributed by atoms with E-state index in [2.05, 4.69) is 0 Å². The molecule has 6 unspecified atom stereocenters. The third kappa shape index (κ3) is 0.541. The molecule has 6 atom stereocenters. The summed E-state index contributed by atoms with van der Waals surface area (Å²) in [5, 5.41) is 0. The molecule has 0 N–H and O–H groups in total. The predicted molar refractivity (Wildman–Crippen MR) is 38.2 cm³/mol. The molecule has 60 valence electrons. The highest BCUT2D eigenvalue weighted by Crippen LogP contribution is 2.58. The highest BCUT2D eigenvalue weighted by Gasteiger charge is 2.69. The van der Waals surface area contributed by atoms with Crippen molar-refractivity contribution in [3.8, 4) is 0 Å². The molecule has 2 saturated carbocycles. The molecule has 0 aromatic carbocycles. The molecule has 0 radical (unpaired) electrons. The SMILES string of the molecule is C1CC2C(C1)C1OC1C1OC21. The van der Waals surface area contributed by atoms with Gasteiger partial charge in [0.1, 0.15) is 12.2 Å². The summed E-state index contributed by atoms with van der Waals surface area (Å²) in [7, 11) is 0. The van der Waals surface area contributed by atoms with Crippen LogP contribution in [0.15, 0.2) is 0 Å². The highest BCUT2D eigenvalue weighted by atomic mass is 16.7. The zero-order chi connectivity index (χ0) is 7.00. The maximum atomic E-state index is 5.62. The van der Waals surface area contributed by atoms with Gasteiger partial charge in [0, 0.05) is 0 Å². The number of ether oxygens (including phenoxy) is 2. The Bertz CT molecular complexity index is 194. The zero-order valence-electron chi connectivity index (χ0n) is 6.40. The molecule has 0 aromatic rings. The van der Waals surface area contributed by atoms with Gasteiger partial charge in [-0.2, -0.15) is 0 Å². The summed E-state index contributed by atoms with van der Waals surface area (Å²) in [5.74, 6) is 1.76. The Morgan fingerprint density at radius 2 is 1.27 bits per heavy atom. The van der Waals surface area contributed by atoms with Crippen LogP contribution >= 0.6 is 0 Å². The van der Waals surface area contributed by atoms with Crippen molar-refractivity contribution in [2.45, 2.75) is 43.7 Å². The van der Waals surface area contributed by atoms with Crippen molar-refractivity contribution in [2.24, 2.45) is 11.8 Å². The fourth-order valence-electron chi connectivity index (χ4n) is 3.32. The molecule has 11 heavy (non-hydrogen) atoms. The van der Waals surface area contributed by atoms with Crippen molar-refractivity contribution in [2.75, 3.05) is 0 Å². The van der Waals surface area contributed by atoms with Crippen LogP contribution in [0.25, 0.3) is 0 Å². The van der Waals surface area contributed by atoms with Gasteiger partial charge in [-0.3, -0.25) is 0 Å². The first-order valence-electron chi connectivity index (χ1n) is 4.76. The van der Waals surface area contributed by atoms with E-state index in [1.165, 1.54) is 19.3 Å². The van der Waals surface area contributed by atoms with Gasteiger partial charge in [-0.25, -0.2) is 0 Å². The number of hydrogen-bond acceptors (Lipinski definition) is 2. The van der Waals surface area contributed by atoms with Crippen LogP contribution in [0.4, 0.5) is 0 Å². The Hall–Kier alpha value is -0.0800. The number of rotatable bonds is 0. The van der Waals surface area contributed by atoms with Crippen molar-refractivity contribution in [3.63, 3.8) is 0 Å². The summed E-state index contributed by atoms with van der Waals surface area (Å²) in [6.45, 7) is 0. The van der Waals surface area contributed by atoms with E-state index in [1.54, 1.807) is 0 Å². The molecule has 0 aromatic heterocycles. The van der Waals surface area contributed by atoms with Crippen molar-refractivity contribution < 1.29 is 9.47 Å². The molecule has 4 aliphatic rings. The second kappa shape index (κ2) is 1.50. The molecular formula is C9H12O2. The highest BCUT2D eigenvalue weighted by molar-refractivity contribution is 5.15. The van der Waals surface area contributed by atoms with E-state index < -0.39 is 0 Å². The average Bonchev–Trinajstić information content (AvgIpc) is 2.88. The second-order valence-electron chi connectivity index (χ2n) is 4.39. The molecule has 0 amide bonds. The first kappa shape index (κ1) is 5.55. The lowest BCUT2D eigenvalue weighted by molar-refractivity contribution is 0.220. The average molecular weight is 152 g/mol. The van der Waals surface area contributed by atoms with Crippen molar-refractivity contribution in [1.29, 1.82) is 0 Å². The van der Waals surface area contributed by atoms with E-state index in [4.69, 9.17) is 9.47 Å². The number of fused-ring (bicyclic) bond motifs is 6. The van der Waals surface area contributed by atoms with Crippen molar-refractivity contribution in [3.05, 3.63) is 0 Å². The minimum atomic E-state index is 0.527. The van der Waals surface area contributed by atoms with E-state index in [0.29, 0.717) is 24.4 Å². The monoisotopic (exact) mass is 152 g/mol. The van der Waals surface area contributed by atoms with E-state index in [1.807, 2.05) is 0 Å². The van der Waals surface area contributed by atoms with Gasteiger partial charge in [-0.1, -0.05) is 6.42 Å². The predicted octanol–water partition coefficient (Wildman–Crippen LogP) is 0.951. The van der Waals surface area contributed by atoms with E-state index in [-0.39, 0.29) is 0 Å². The summed E-state index contributed by atoms with van der Waals surface area (Å²) >= 11 is 0. The number of hydrogen-bond donors (Lipinski definition) is 0. The smallest absolute Gasteiger partial charge is 0.113 e. The summed E-state index contributed by atoms with van der Waals surface area (Å²) in [6.07, 6.45) is 6.50. The topological polar surface area (TPSA) is 25.1 Å². The summed E-state index contributed by atoms with van der Waals surface area (Å²) < 4.78 is 11.2. The van der Waals surface area contributed by atoms with E-state index >= 15 is 0 Å². The number of epoxide rings is 2. The van der Waals surface area contributed by atoms with Crippen LogP contribution in [0.1, 0.15) is 19.3 Å². The molecule has 4 fully saturated rings. The molecule has 2 nitrogen and oxygen atoms in total. The standard InChI is InChI=1S/C9H12O2/c1-2-4-5(3-1)7-9(11-7)8-6(4)10-8/h4-9H,1-3H2. The lowest BCUT2D eigenvalue weighted by Crippen LogP contribution is -2.28. The molecule has 2 aliphatic heterocycles. The summed E-state index contributed by atoms with van der Waals surface area (Å²) in [6, 6.07) is 0. The van der Waals surface area contributed by atoms with Crippen LogP contribution in [0, 0.1) is 11.8 Å². The third-order valence-corrected chi connectivity index (χ3v) is 3.92. The fraction of sp³-hybridized carbons (Fsp3) is 1.00. The largest absolute Gasteiger partial charge is 0.366 e. The lowest BCUT2D eigenvalue weighted by atomic mass is 9.82. The fourth-order valence-corrected chi connectivity index (χ4v) is 3.32. The molecule has 2 saturated heterocycles. The van der Waals surface area contributed by atoms with E-state index in [0.717, 1.165) is 11.8 Å². The van der Waals surface area contributed by atoms with Gasteiger partial charge in [0.15, 0.2) is 0 Å². The lowest BCUT2D eigenvalue weighted by Gasteiger charge is -2.17. The Balaban J connectivity index is 1.74. The van der Waals surface area contributed by atoms with Crippen LogP contribution in [0.5, 0.6) is 0 Å². The minimum Gasteiger partial charge on any atom is -0.366 e. The van der Waals surface area contributed by atoms with Gasteiger partial charge in [0.05, 0.1) is 12.2 Å².